The van der Waals surface area contributed by atoms with E-state index in [4.69, 9.17) is 4.98 Å². The second-order valence-electron chi connectivity index (χ2n) is 4.91. The summed E-state index contributed by atoms with van der Waals surface area (Å²) in [6.07, 6.45) is 0. The molecule has 0 atom stereocenters. The summed E-state index contributed by atoms with van der Waals surface area (Å²) in [5.41, 5.74) is 1.86. The number of aromatic nitrogens is 1. The first-order chi connectivity index (χ1) is 10.3. The monoisotopic (exact) mass is 298 g/mol. The van der Waals surface area contributed by atoms with Gasteiger partial charge in [-0.3, -0.25) is 0 Å². The summed E-state index contributed by atoms with van der Waals surface area (Å²) in [6.45, 7) is 3.90. The first-order valence-electron chi connectivity index (χ1n) is 7.08. The van der Waals surface area contributed by atoms with E-state index in [1.54, 1.807) is 11.3 Å². The summed E-state index contributed by atoms with van der Waals surface area (Å²) in [7, 11) is 0. The van der Waals surface area contributed by atoms with Crippen molar-refractivity contribution >= 4 is 28.1 Å². The maximum Gasteiger partial charge on any atom is 0.129 e. The molecule has 0 aliphatic rings. The van der Waals surface area contributed by atoms with Crippen molar-refractivity contribution in [3.05, 3.63) is 58.3 Å². The highest BCUT2D eigenvalue weighted by atomic mass is 32.1. The van der Waals surface area contributed by atoms with Crippen LogP contribution < -0.4 is 4.90 Å². The Bertz CT molecular complexity index is 725. The summed E-state index contributed by atoms with van der Waals surface area (Å²) in [5.74, 6) is 0.925. The van der Waals surface area contributed by atoms with E-state index in [0.29, 0.717) is 0 Å². The van der Waals surface area contributed by atoms with Crippen LogP contribution in [-0.4, -0.2) is 16.6 Å². The van der Waals surface area contributed by atoms with Crippen molar-refractivity contribution < 1.29 is 5.11 Å². The minimum Gasteiger partial charge on any atom is -0.392 e. The Kier molecular flexibility index (Phi) is 4.18. The SMILES string of the molecule is CCN(Cc1cccs1)c1cc(CO)c2ccccc2n1. The van der Waals surface area contributed by atoms with E-state index in [1.165, 1.54) is 4.88 Å². The smallest absolute Gasteiger partial charge is 0.129 e. The van der Waals surface area contributed by atoms with Crippen molar-refractivity contribution in [2.45, 2.75) is 20.1 Å². The molecule has 0 saturated heterocycles. The number of benzene rings is 1. The molecule has 0 unspecified atom stereocenters. The number of fused-ring (bicyclic) bond motifs is 1. The van der Waals surface area contributed by atoms with Crippen LogP contribution in [0.5, 0.6) is 0 Å². The average molecular weight is 298 g/mol. The third kappa shape index (κ3) is 2.91. The van der Waals surface area contributed by atoms with Crippen molar-refractivity contribution in [2.24, 2.45) is 0 Å². The lowest BCUT2D eigenvalue weighted by Gasteiger charge is -2.22. The molecule has 2 heterocycles. The van der Waals surface area contributed by atoms with Gasteiger partial charge in [-0.05, 0) is 36.1 Å². The molecule has 0 amide bonds. The number of hydrogen-bond donors (Lipinski definition) is 1. The Morgan fingerprint density at radius 1 is 1.19 bits per heavy atom. The summed E-state index contributed by atoms with van der Waals surface area (Å²) in [4.78, 5) is 8.31. The Labute approximate surface area is 128 Å². The number of hydrogen-bond acceptors (Lipinski definition) is 4. The van der Waals surface area contributed by atoms with E-state index in [-0.39, 0.29) is 6.61 Å². The van der Waals surface area contributed by atoms with Gasteiger partial charge in [0.1, 0.15) is 5.82 Å². The highest BCUT2D eigenvalue weighted by Gasteiger charge is 2.11. The van der Waals surface area contributed by atoms with Crippen LogP contribution in [0.2, 0.25) is 0 Å². The minimum absolute atomic E-state index is 0.0343. The molecule has 0 aliphatic carbocycles. The van der Waals surface area contributed by atoms with Crippen LogP contribution in [0.15, 0.2) is 47.8 Å². The molecule has 0 spiro atoms. The van der Waals surface area contributed by atoms with E-state index in [1.807, 2.05) is 30.3 Å². The van der Waals surface area contributed by atoms with Gasteiger partial charge in [0.2, 0.25) is 0 Å². The fourth-order valence-corrected chi connectivity index (χ4v) is 3.19. The summed E-state index contributed by atoms with van der Waals surface area (Å²) >= 11 is 1.76. The maximum absolute atomic E-state index is 9.63. The zero-order chi connectivity index (χ0) is 14.7. The van der Waals surface area contributed by atoms with Crippen LogP contribution in [-0.2, 0) is 13.2 Å². The van der Waals surface area contributed by atoms with Gasteiger partial charge in [0.05, 0.1) is 18.7 Å². The van der Waals surface area contributed by atoms with Crippen LogP contribution >= 0.6 is 11.3 Å². The number of thiophene rings is 1. The highest BCUT2D eigenvalue weighted by Crippen LogP contribution is 2.24. The number of aliphatic hydroxyl groups is 1. The fourth-order valence-electron chi connectivity index (χ4n) is 2.47. The fraction of sp³-hybridized carbons (Fsp3) is 0.235. The second kappa shape index (κ2) is 6.24. The van der Waals surface area contributed by atoms with Crippen LogP contribution in [0.25, 0.3) is 10.9 Å². The molecule has 0 saturated carbocycles. The largest absolute Gasteiger partial charge is 0.392 e. The van der Waals surface area contributed by atoms with Gasteiger partial charge < -0.3 is 10.0 Å². The normalized spacial score (nSPS) is 11.0. The van der Waals surface area contributed by atoms with E-state index < -0.39 is 0 Å². The Morgan fingerprint density at radius 3 is 2.76 bits per heavy atom. The number of nitrogens with zero attached hydrogens (tertiary/aromatic N) is 2. The minimum atomic E-state index is 0.0343. The summed E-state index contributed by atoms with van der Waals surface area (Å²) < 4.78 is 0. The van der Waals surface area contributed by atoms with Crippen molar-refractivity contribution in [3.63, 3.8) is 0 Å². The molecule has 2 aromatic heterocycles. The van der Waals surface area contributed by atoms with Gasteiger partial charge in [-0.25, -0.2) is 4.98 Å². The molecule has 0 fully saturated rings. The molecule has 4 heteroatoms. The van der Waals surface area contributed by atoms with E-state index >= 15 is 0 Å². The molecule has 108 valence electrons. The molecule has 3 nitrogen and oxygen atoms in total. The maximum atomic E-state index is 9.63. The molecular formula is C17H18N2OS. The van der Waals surface area contributed by atoms with Gasteiger partial charge in [-0.15, -0.1) is 11.3 Å². The molecule has 0 radical (unpaired) electrons. The molecule has 3 aromatic rings. The van der Waals surface area contributed by atoms with Crippen molar-refractivity contribution in [3.8, 4) is 0 Å². The van der Waals surface area contributed by atoms with E-state index in [2.05, 4.69) is 29.3 Å². The van der Waals surface area contributed by atoms with E-state index in [0.717, 1.165) is 35.4 Å². The molecule has 0 bridgehead atoms. The van der Waals surface area contributed by atoms with Crippen LogP contribution in [0.1, 0.15) is 17.4 Å². The van der Waals surface area contributed by atoms with Crippen LogP contribution in [0.3, 0.4) is 0 Å². The van der Waals surface area contributed by atoms with Gasteiger partial charge in [-0.2, -0.15) is 0 Å². The lowest BCUT2D eigenvalue weighted by molar-refractivity contribution is 0.283. The average Bonchev–Trinajstić information content (AvgIpc) is 3.04. The predicted octanol–water partition coefficient (Wildman–Crippen LogP) is 3.82. The van der Waals surface area contributed by atoms with Crippen molar-refractivity contribution in [1.29, 1.82) is 0 Å². The zero-order valence-electron chi connectivity index (χ0n) is 12.0. The number of rotatable bonds is 5. The third-order valence-electron chi connectivity index (χ3n) is 3.59. The second-order valence-corrected chi connectivity index (χ2v) is 5.94. The van der Waals surface area contributed by atoms with Gasteiger partial charge in [0, 0.05) is 16.8 Å². The van der Waals surface area contributed by atoms with Crippen LogP contribution in [0.4, 0.5) is 5.82 Å². The first-order valence-corrected chi connectivity index (χ1v) is 7.96. The van der Waals surface area contributed by atoms with Gasteiger partial charge in [0.25, 0.3) is 0 Å². The number of pyridine rings is 1. The molecule has 1 aromatic carbocycles. The van der Waals surface area contributed by atoms with Crippen LogP contribution in [0, 0.1) is 0 Å². The standard InChI is InChI=1S/C17H18N2OS/c1-2-19(11-14-6-5-9-21-14)17-10-13(12-20)15-7-3-4-8-16(15)18-17/h3-10,20H,2,11-12H2,1H3. The highest BCUT2D eigenvalue weighted by molar-refractivity contribution is 7.09. The van der Waals surface area contributed by atoms with Crippen molar-refractivity contribution in [1.82, 2.24) is 4.98 Å². The zero-order valence-corrected chi connectivity index (χ0v) is 12.8. The summed E-state index contributed by atoms with van der Waals surface area (Å²) in [5, 5.41) is 12.7. The predicted molar refractivity (Wildman–Crippen MR) is 88.7 cm³/mol. The topological polar surface area (TPSA) is 36.4 Å². The molecular weight excluding hydrogens is 280 g/mol. The molecule has 1 N–H and O–H groups in total. The molecule has 3 rings (SSSR count). The molecule has 21 heavy (non-hydrogen) atoms. The van der Waals surface area contributed by atoms with E-state index in [9.17, 15) is 5.11 Å². The lowest BCUT2D eigenvalue weighted by atomic mass is 10.1. The van der Waals surface area contributed by atoms with Gasteiger partial charge >= 0.3 is 0 Å². The Morgan fingerprint density at radius 2 is 2.05 bits per heavy atom. The molecule has 0 aliphatic heterocycles. The quantitative estimate of drug-likeness (QED) is 0.778. The van der Waals surface area contributed by atoms with Crippen molar-refractivity contribution in [2.75, 3.05) is 11.4 Å². The number of para-hydroxylation sites is 1. The Hall–Kier alpha value is -1.91. The lowest BCUT2D eigenvalue weighted by Crippen LogP contribution is -2.22. The van der Waals surface area contributed by atoms with Gasteiger partial charge in [0.15, 0.2) is 0 Å². The summed E-state index contributed by atoms with van der Waals surface area (Å²) in [6, 6.07) is 14.2. The number of aliphatic hydroxyl groups excluding tert-OH is 1. The van der Waals surface area contributed by atoms with Gasteiger partial charge in [-0.1, -0.05) is 24.3 Å². The Balaban J connectivity index is 2.01. The number of anilines is 1. The first kappa shape index (κ1) is 14.0. The third-order valence-corrected chi connectivity index (χ3v) is 4.45.